The number of nitrogens with one attached hydrogen (secondary N) is 3. The Balaban J connectivity index is 2.03. The van der Waals surface area contributed by atoms with Gasteiger partial charge in [-0.05, 0) is 47.7 Å². The van der Waals surface area contributed by atoms with Gasteiger partial charge in [-0.15, -0.1) is 0 Å². The lowest BCUT2D eigenvalue weighted by Gasteiger charge is -2.10. The molecule has 0 fully saturated rings. The van der Waals surface area contributed by atoms with Gasteiger partial charge in [-0.25, -0.2) is 9.59 Å². The van der Waals surface area contributed by atoms with Crippen molar-refractivity contribution in [1.82, 2.24) is 15.5 Å². The number of carbonyl (C=O) groups excluding carboxylic acids is 1. The minimum atomic E-state index is -1.09. The Bertz CT molecular complexity index is 684. The normalized spacial score (nSPS) is 10.2. The van der Waals surface area contributed by atoms with E-state index < -0.39 is 12.0 Å². The summed E-state index contributed by atoms with van der Waals surface area (Å²) in [6.07, 6.45) is 1.63. The number of anilines is 1. The van der Waals surface area contributed by atoms with Crippen molar-refractivity contribution in [3.63, 3.8) is 0 Å². The maximum Gasteiger partial charge on any atom is 0.337 e. The van der Waals surface area contributed by atoms with Crippen LogP contribution in [0.3, 0.4) is 0 Å². The van der Waals surface area contributed by atoms with E-state index in [2.05, 4.69) is 20.8 Å². The van der Waals surface area contributed by atoms with Crippen molar-refractivity contribution in [2.24, 2.45) is 0 Å². The van der Waals surface area contributed by atoms with Crippen LogP contribution in [0.2, 0.25) is 0 Å². The molecular formula is C13H13IN4O3. The number of amides is 2. The molecule has 0 aliphatic carbocycles. The summed E-state index contributed by atoms with van der Waals surface area (Å²) in [6.45, 7) is 2.16. The van der Waals surface area contributed by atoms with Crippen molar-refractivity contribution in [3.05, 3.63) is 44.8 Å². The third-order valence-electron chi connectivity index (χ3n) is 2.83. The largest absolute Gasteiger partial charge is 0.478 e. The number of hydrogen-bond donors (Lipinski definition) is 4. The van der Waals surface area contributed by atoms with Gasteiger partial charge in [-0.1, -0.05) is 0 Å². The lowest BCUT2D eigenvalue weighted by atomic mass is 10.2. The van der Waals surface area contributed by atoms with Gasteiger partial charge in [0.25, 0.3) is 0 Å². The second kappa shape index (κ2) is 6.57. The van der Waals surface area contributed by atoms with E-state index in [1.54, 1.807) is 18.3 Å². The second-order valence-electron chi connectivity index (χ2n) is 4.32. The molecule has 0 unspecified atom stereocenters. The standard InChI is InChI=1S/C13H13IN4O3/c1-7-8(6-16-18-7)5-15-13(21)17-11-3-2-9(14)4-10(11)12(19)20/h2-4,6H,5H2,1H3,(H,16,18)(H,19,20)(H2,15,17,21). The van der Waals surface area contributed by atoms with Gasteiger partial charge in [-0.2, -0.15) is 5.10 Å². The van der Waals surface area contributed by atoms with E-state index in [1.807, 2.05) is 29.5 Å². The molecule has 1 heterocycles. The summed E-state index contributed by atoms with van der Waals surface area (Å²) >= 11 is 2.01. The lowest BCUT2D eigenvalue weighted by molar-refractivity contribution is 0.0698. The van der Waals surface area contributed by atoms with Gasteiger partial charge in [0.2, 0.25) is 0 Å². The number of nitrogens with zero attached hydrogens (tertiary/aromatic N) is 1. The van der Waals surface area contributed by atoms with Gasteiger partial charge >= 0.3 is 12.0 Å². The van der Waals surface area contributed by atoms with E-state index in [-0.39, 0.29) is 11.3 Å². The van der Waals surface area contributed by atoms with Crippen molar-refractivity contribution in [2.75, 3.05) is 5.32 Å². The number of carbonyl (C=O) groups is 2. The third kappa shape index (κ3) is 3.94. The number of aromatic carboxylic acids is 1. The Morgan fingerprint density at radius 2 is 2.19 bits per heavy atom. The van der Waals surface area contributed by atoms with E-state index in [0.29, 0.717) is 6.54 Å². The molecule has 0 radical (unpaired) electrons. The van der Waals surface area contributed by atoms with Crippen LogP contribution < -0.4 is 10.6 Å². The molecule has 2 amide bonds. The fourth-order valence-electron chi connectivity index (χ4n) is 1.70. The molecule has 8 heteroatoms. The smallest absolute Gasteiger partial charge is 0.337 e. The maximum absolute atomic E-state index is 11.8. The van der Waals surface area contributed by atoms with Crippen LogP contribution in [0.1, 0.15) is 21.6 Å². The number of hydrogen-bond acceptors (Lipinski definition) is 3. The highest BCUT2D eigenvalue weighted by atomic mass is 127. The highest BCUT2D eigenvalue weighted by Gasteiger charge is 2.13. The molecular weight excluding hydrogens is 387 g/mol. The second-order valence-corrected chi connectivity index (χ2v) is 5.57. The Kier molecular flexibility index (Phi) is 4.78. The Labute approximate surface area is 134 Å². The van der Waals surface area contributed by atoms with Gasteiger partial charge in [0.15, 0.2) is 0 Å². The number of urea groups is 1. The molecule has 0 bridgehead atoms. The molecule has 1 aromatic carbocycles. The zero-order valence-electron chi connectivity index (χ0n) is 11.1. The van der Waals surface area contributed by atoms with Crippen LogP contribution in [0.5, 0.6) is 0 Å². The number of carboxylic acid groups (broad SMARTS) is 1. The molecule has 0 aliphatic heterocycles. The summed E-state index contributed by atoms with van der Waals surface area (Å²) < 4.78 is 0.782. The van der Waals surface area contributed by atoms with E-state index >= 15 is 0 Å². The third-order valence-corrected chi connectivity index (χ3v) is 3.50. The molecule has 0 saturated heterocycles. The summed E-state index contributed by atoms with van der Waals surface area (Å²) in [7, 11) is 0. The van der Waals surface area contributed by atoms with Gasteiger partial charge < -0.3 is 15.7 Å². The van der Waals surface area contributed by atoms with Crippen LogP contribution in [-0.2, 0) is 6.54 Å². The first kappa shape index (κ1) is 15.3. The zero-order chi connectivity index (χ0) is 15.4. The maximum atomic E-state index is 11.8. The number of halogens is 1. The predicted molar refractivity (Wildman–Crippen MR) is 85.3 cm³/mol. The van der Waals surface area contributed by atoms with Crippen LogP contribution in [0, 0.1) is 10.5 Å². The number of rotatable bonds is 4. The first-order valence-electron chi connectivity index (χ1n) is 6.04. The van der Waals surface area contributed by atoms with Crippen LogP contribution in [-0.4, -0.2) is 27.3 Å². The van der Waals surface area contributed by atoms with E-state index in [9.17, 15) is 9.59 Å². The summed E-state index contributed by atoms with van der Waals surface area (Å²) in [5.74, 6) is -1.09. The summed E-state index contributed by atoms with van der Waals surface area (Å²) in [5, 5.41) is 20.9. The molecule has 2 rings (SSSR count). The molecule has 21 heavy (non-hydrogen) atoms. The monoisotopic (exact) mass is 400 g/mol. The number of aromatic amines is 1. The van der Waals surface area contributed by atoms with Crippen molar-refractivity contribution < 1.29 is 14.7 Å². The quantitative estimate of drug-likeness (QED) is 0.591. The molecule has 0 atom stereocenters. The van der Waals surface area contributed by atoms with Crippen molar-refractivity contribution >= 4 is 40.3 Å². The van der Waals surface area contributed by atoms with E-state index in [4.69, 9.17) is 5.11 Å². The molecule has 0 spiro atoms. The molecule has 4 N–H and O–H groups in total. The lowest BCUT2D eigenvalue weighted by Crippen LogP contribution is -2.29. The molecule has 0 aliphatic rings. The highest BCUT2D eigenvalue weighted by Crippen LogP contribution is 2.19. The van der Waals surface area contributed by atoms with Crippen LogP contribution in [0.15, 0.2) is 24.4 Å². The molecule has 7 nitrogen and oxygen atoms in total. The van der Waals surface area contributed by atoms with Gasteiger partial charge in [-0.3, -0.25) is 5.10 Å². The van der Waals surface area contributed by atoms with E-state index in [1.165, 1.54) is 6.07 Å². The minimum Gasteiger partial charge on any atom is -0.478 e. The average molecular weight is 400 g/mol. The van der Waals surface area contributed by atoms with Crippen molar-refractivity contribution in [2.45, 2.75) is 13.5 Å². The van der Waals surface area contributed by atoms with Gasteiger partial charge in [0.05, 0.1) is 17.4 Å². The minimum absolute atomic E-state index is 0.0524. The van der Waals surface area contributed by atoms with Crippen LogP contribution >= 0.6 is 22.6 Å². The molecule has 2 aromatic rings. The van der Waals surface area contributed by atoms with Crippen molar-refractivity contribution in [3.8, 4) is 0 Å². The molecule has 110 valence electrons. The topological polar surface area (TPSA) is 107 Å². The number of benzene rings is 1. The average Bonchev–Trinajstić information content (AvgIpc) is 2.84. The number of carboxylic acids is 1. The van der Waals surface area contributed by atoms with Crippen LogP contribution in [0.4, 0.5) is 10.5 Å². The van der Waals surface area contributed by atoms with Crippen LogP contribution in [0.25, 0.3) is 0 Å². The summed E-state index contributed by atoms with van der Waals surface area (Å²) in [5.41, 5.74) is 2.04. The van der Waals surface area contributed by atoms with Crippen molar-refractivity contribution in [1.29, 1.82) is 0 Å². The Morgan fingerprint density at radius 1 is 1.43 bits per heavy atom. The predicted octanol–water partition coefficient (Wildman–Crippen LogP) is 2.34. The molecule has 0 saturated carbocycles. The Hall–Kier alpha value is -2.10. The summed E-state index contributed by atoms with van der Waals surface area (Å²) in [4.78, 5) is 23.0. The summed E-state index contributed by atoms with van der Waals surface area (Å²) in [6, 6.07) is 4.31. The van der Waals surface area contributed by atoms with Gasteiger partial charge in [0.1, 0.15) is 0 Å². The zero-order valence-corrected chi connectivity index (χ0v) is 13.3. The molecule has 1 aromatic heterocycles. The Morgan fingerprint density at radius 3 is 2.81 bits per heavy atom. The number of aryl methyl sites for hydroxylation is 1. The fraction of sp³-hybridized carbons (Fsp3) is 0.154. The highest BCUT2D eigenvalue weighted by molar-refractivity contribution is 14.1. The first-order valence-corrected chi connectivity index (χ1v) is 7.12. The number of H-pyrrole nitrogens is 1. The fourth-order valence-corrected chi connectivity index (χ4v) is 2.19. The first-order chi connectivity index (χ1) is 9.97. The SMILES string of the molecule is Cc1[nH]ncc1CNC(=O)Nc1ccc(I)cc1C(=O)O. The van der Waals surface area contributed by atoms with Gasteiger partial charge in [0, 0.05) is 21.4 Å². The van der Waals surface area contributed by atoms with E-state index in [0.717, 1.165) is 14.8 Å². The number of aromatic nitrogens is 2.